The molecule has 0 aliphatic carbocycles. The fourth-order valence-electron chi connectivity index (χ4n) is 4.87. The molecular formula is C24H25N3O3. The van der Waals surface area contributed by atoms with Crippen LogP contribution < -0.4 is 10.2 Å². The second-order valence-corrected chi connectivity index (χ2v) is 8.65. The number of carbonyl (C=O) groups is 2. The summed E-state index contributed by atoms with van der Waals surface area (Å²) in [7, 11) is 0. The molecule has 2 bridgehead atoms. The summed E-state index contributed by atoms with van der Waals surface area (Å²) in [6.45, 7) is 5.11. The van der Waals surface area contributed by atoms with Gasteiger partial charge in [0.25, 0.3) is 0 Å². The lowest BCUT2D eigenvalue weighted by Crippen LogP contribution is -2.44. The van der Waals surface area contributed by atoms with Gasteiger partial charge in [0.15, 0.2) is 0 Å². The predicted octanol–water partition coefficient (Wildman–Crippen LogP) is 2.81. The van der Waals surface area contributed by atoms with E-state index in [2.05, 4.69) is 36.3 Å². The molecule has 2 saturated heterocycles. The third kappa shape index (κ3) is 2.94. The smallest absolute Gasteiger partial charge is 0.234 e. The van der Waals surface area contributed by atoms with E-state index in [-0.39, 0.29) is 17.9 Å². The van der Waals surface area contributed by atoms with Crippen molar-refractivity contribution in [1.82, 2.24) is 10.3 Å². The maximum Gasteiger partial charge on any atom is 0.234 e. The number of hydrogen-bond donors (Lipinski definition) is 1. The Bertz CT molecular complexity index is 1000. The Kier molecular flexibility index (Phi) is 4.47. The first kappa shape index (κ1) is 19.0. The number of rotatable bonds is 5. The van der Waals surface area contributed by atoms with Crippen molar-refractivity contribution in [2.75, 3.05) is 11.4 Å². The van der Waals surface area contributed by atoms with Crippen LogP contribution in [0.3, 0.4) is 0 Å². The van der Waals surface area contributed by atoms with Gasteiger partial charge >= 0.3 is 0 Å². The maximum atomic E-state index is 13.4. The van der Waals surface area contributed by atoms with E-state index in [9.17, 15) is 9.59 Å². The molecule has 3 aliphatic heterocycles. The first-order chi connectivity index (χ1) is 14.5. The Labute approximate surface area is 175 Å². The molecule has 6 heteroatoms. The van der Waals surface area contributed by atoms with Crippen LogP contribution in [0.2, 0.25) is 0 Å². The Morgan fingerprint density at radius 3 is 2.80 bits per heavy atom. The van der Waals surface area contributed by atoms with Gasteiger partial charge in [-0.3, -0.25) is 14.6 Å². The predicted molar refractivity (Wildman–Crippen MR) is 113 cm³/mol. The van der Waals surface area contributed by atoms with Gasteiger partial charge in [-0.25, -0.2) is 0 Å². The van der Waals surface area contributed by atoms with Crippen molar-refractivity contribution in [3.63, 3.8) is 0 Å². The number of ether oxygens (including phenoxy) is 1. The summed E-state index contributed by atoms with van der Waals surface area (Å²) in [5.41, 5.74) is 2.29. The first-order valence-electron chi connectivity index (χ1n) is 10.4. The largest absolute Gasteiger partial charge is 0.360 e. The Hall–Kier alpha value is -2.99. The highest BCUT2D eigenvalue weighted by Gasteiger charge is 2.67. The number of hydrogen-bond acceptors (Lipinski definition) is 4. The average molecular weight is 403 g/mol. The quantitative estimate of drug-likeness (QED) is 0.780. The molecule has 6 nitrogen and oxygen atoms in total. The van der Waals surface area contributed by atoms with Gasteiger partial charge in [-0.2, -0.15) is 0 Å². The first-order valence-corrected chi connectivity index (χ1v) is 10.4. The standard InChI is InChI=1S/C24H25N3O3/c1-15(2)17-5-7-18(8-6-17)27-14-24-10-9-19(30-24)20(21(24)23(27)29)22(28)26-13-16-4-3-11-25-12-16/h3-12,15,19-21H,13-14H2,1-2H3,(H,26,28)/t19-,20-,21+,24-/m1/s1. The molecule has 1 aromatic heterocycles. The van der Waals surface area contributed by atoms with E-state index in [4.69, 9.17) is 4.74 Å². The SMILES string of the molecule is CC(C)c1ccc(N2C[C@@]34C=C[C@@H](O3)[C@@H](C(=O)NCc3cccnc3)[C@H]4C2=O)cc1. The van der Waals surface area contributed by atoms with Crippen molar-refractivity contribution in [2.24, 2.45) is 11.8 Å². The lowest BCUT2D eigenvalue weighted by atomic mass is 9.77. The van der Waals surface area contributed by atoms with Crippen molar-refractivity contribution >= 4 is 17.5 Å². The van der Waals surface area contributed by atoms with E-state index in [0.717, 1.165) is 11.3 Å². The molecule has 2 aromatic rings. The van der Waals surface area contributed by atoms with Crippen LogP contribution in [-0.4, -0.2) is 35.0 Å². The molecule has 1 N–H and O–H groups in total. The van der Waals surface area contributed by atoms with Gasteiger partial charge < -0.3 is 15.0 Å². The molecule has 4 atom stereocenters. The number of benzene rings is 1. The summed E-state index contributed by atoms with van der Waals surface area (Å²) in [6, 6.07) is 11.8. The fraction of sp³-hybridized carbons (Fsp3) is 0.375. The molecule has 154 valence electrons. The summed E-state index contributed by atoms with van der Waals surface area (Å²) in [5.74, 6) is -0.766. The molecule has 2 amide bonds. The van der Waals surface area contributed by atoms with Crippen LogP contribution in [0.15, 0.2) is 60.9 Å². The molecule has 0 radical (unpaired) electrons. The summed E-state index contributed by atoms with van der Waals surface area (Å²) in [6.07, 6.45) is 6.99. The highest BCUT2D eigenvalue weighted by molar-refractivity contribution is 6.03. The number of pyridine rings is 1. The van der Waals surface area contributed by atoms with Crippen molar-refractivity contribution in [3.8, 4) is 0 Å². The van der Waals surface area contributed by atoms with Gasteiger partial charge in [0.2, 0.25) is 11.8 Å². The van der Waals surface area contributed by atoms with Gasteiger partial charge in [0.1, 0.15) is 5.60 Å². The van der Waals surface area contributed by atoms with Gasteiger partial charge in [0, 0.05) is 24.6 Å². The van der Waals surface area contributed by atoms with Crippen molar-refractivity contribution in [2.45, 2.75) is 38.0 Å². The van der Waals surface area contributed by atoms with Crippen molar-refractivity contribution in [3.05, 3.63) is 72.1 Å². The van der Waals surface area contributed by atoms with E-state index in [1.165, 1.54) is 5.56 Å². The molecule has 4 heterocycles. The van der Waals surface area contributed by atoms with Gasteiger partial charge in [-0.1, -0.05) is 44.2 Å². The molecule has 2 fully saturated rings. The minimum Gasteiger partial charge on any atom is -0.360 e. The second-order valence-electron chi connectivity index (χ2n) is 8.65. The highest BCUT2D eigenvalue weighted by atomic mass is 16.5. The van der Waals surface area contributed by atoms with Crippen molar-refractivity contribution in [1.29, 1.82) is 0 Å². The topological polar surface area (TPSA) is 71.5 Å². The molecule has 0 unspecified atom stereocenters. The highest BCUT2D eigenvalue weighted by Crippen LogP contribution is 2.52. The molecule has 1 spiro atoms. The molecule has 1 aromatic carbocycles. The van der Waals surface area contributed by atoms with Crippen LogP contribution in [0.25, 0.3) is 0 Å². The van der Waals surface area contributed by atoms with Crippen LogP contribution >= 0.6 is 0 Å². The third-order valence-electron chi connectivity index (χ3n) is 6.46. The minimum absolute atomic E-state index is 0.0410. The number of aromatic nitrogens is 1. The molecule has 3 aliphatic rings. The Morgan fingerprint density at radius 1 is 1.30 bits per heavy atom. The summed E-state index contributed by atoms with van der Waals surface area (Å²) >= 11 is 0. The maximum absolute atomic E-state index is 13.4. The normalized spacial score (nSPS) is 29.0. The zero-order chi connectivity index (χ0) is 20.9. The number of carbonyl (C=O) groups excluding carboxylic acids is 2. The zero-order valence-electron chi connectivity index (χ0n) is 17.1. The van der Waals surface area contributed by atoms with E-state index in [1.54, 1.807) is 17.3 Å². The number of nitrogens with one attached hydrogen (secondary N) is 1. The van der Waals surface area contributed by atoms with Gasteiger partial charge in [-0.05, 0) is 35.2 Å². The van der Waals surface area contributed by atoms with Gasteiger partial charge in [-0.15, -0.1) is 0 Å². The lowest BCUT2D eigenvalue weighted by Gasteiger charge is -2.23. The van der Waals surface area contributed by atoms with Crippen LogP contribution in [0, 0.1) is 11.8 Å². The minimum atomic E-state index is -0.714. The molecule has 0 saturated carbocycles. The average Bonchev–Trinajstić information content (AvgIpc) is 3.41. The van der Waals surface area contributed by atoms with Gasteiger partial charge in [0.05, 0.1) is 24.5 Å². The number of anilines is 1. The van der Waals surface area contributed by atoms with E-state index in [0.29, 0.717) is 19.0 Å². The molecule has 30 heavy (non-hydrogen) atoms. The van der Waals surface area contributed by atoms with Crippen LogP contribution in [0.5, 0.6) is 0 Å². The summed E-state index contributed by atoms with van der Waals surface area (Å²) < 4.78 is 6.21. The third-order valence-corrected chi connectivity index (χ3v) is 6.46. The number of nitrogens with zero attached hydrogens (tertiary/aromatic N) is 2. The Balaban J connectivity index is 1.36. The summed E-state index contributed by atoms with van der Waals surface area (Å²) in [5, 5.41) is 2.97. The van der Waals surface area contributed by atoms with Crippen LogP contribution in [0.1, 0.15) is 30.9 Å². The van der Waals surface area contributed by atoms with E-state index >= 15 is 0 Å². The number of fused-ring (bicyclic) bond motifs is 1. The Morgan fingerprint density at radius 2 is 2.10 bits per heavy atom. The molecular weight excluding hydrogens is 378 g/mol. The second kappa shape index (κ2) is 7.06. The lowest BCUT2D eigenvalue weighted by molar-refractivity contribution is -0.132. The molecule has 5 rings (SSSR count). The monoisotopic (exact) mass is 403 g/mol. The summed E-state index contributed by atoms with van der Waals surface area (Å²) in [4.78, 5) is 32.3. The van der Waals surface area contributed by atoms with E-state index < -0.39 is 17.4 Å². The van der Waals surface area contributed by atoms with Crippen LogP contribution in [-0.2, 0) is 20.9 Å². The zero-order valence-corrected chi connectivity index (χ0v) is 17.1. The van der Waals surface area contributed by atoms with E-state index in [1.807, 2.05) is 36.4 Å². The fourth-order valence-corrected chi connectivity index (χ4v) is 4.87. The number of amides is 2. The van der Waals surface area contributed by atoms with Crippen molar-refractivity contribution < 1.29 is 14.3 Å². The van der Waals surface area contributed by atoms with Crippen LogP contribution in [0.4, 0.5) is 5.69 Å².